The first-order chi connectivity index (χ1) is 12.1. The van der Waals surface area contributed by atoms with Gasteiger partial charge < -0.3 is 20.7 Å². The molecule has 0 aromatic carbocycles. The molecular formula is C18H32IN5O2. The monoisotopic (exact) mass is 477 g/mol. The number of aromatic nitrogens is 1. The average Bonchev–Trinajstić information content (AvgIpc) is 2.61. The van der Waals surface area contributed by atoms with Gasteiger partial charge in [0.25, 0.3) is 5.91 Å². The molecule has 1 aromatic heterocycles. The minimum atomic E-state index is -0.129. The second-order valence-electron chi connectivity index (χ2n) is 5.98. The molecule has 7 nitrogen and oxygen atoms in total. The van der Waals surface area contributed by atoms with Crippen LogP contribution < -0.4 is 16.0 Å². The summed E-state index contributed by atoms with van der Waals surface area (Å²) in [6.45, 7) is 10.2. The van der Waals surface area contributed by atoms with Gasteiger partial charge in [-0.1, -0.05) is 13.8 Å². The summed E-state index contributed by atoms with van der Waals surface area (Å²) in [5.74, 6) is 1.25. The highest BCUT2D eigenvalue weighted by molar-refractivity contribution is 14.0. The van der Waals surface area contributed by atoms with Crippen LogP contribution in [0.25, 0.3) is 0 Å². The molecule has 26 heavy (non-hydrogen) atoms. The number of amides is 1. The smallest absolute Gasteiger partial charge is 0.252 e. The highest BCUT2D eigenvalue weighted by Gasteiger charge is 2.04. The van der Waals surface area contributed by atoms with Crippen molar-refractivity contribution in [2.75, 3.05) is 39.4 Å². The molecule has 0 fully saturated rings. The fourth-order valence-electron chi connectivity index (χ4n) is 1.94. The predicted octanol–water partition coefficient (Wildman–Crippen LogP) is 2.05. The number of pyridine rings is 1. The molecule has 3 N–H and O–H groups in total. The van der Waals surface area contributed by atoms with E-state index < -0.39 is 0 Å². The maximum absolute atomic E-state index is 11.9. The van der Waals surface area contributed by atoms with Crippen LogP contribution in [0.15, 0.2) is 29.5 Å². The Morgan fingerprint density at radius 1 is 1.23 bits per heavy atom. The molecule has 0 aliphatic heterocycles. The first-order valence-electron chi connectivity index (χ1n) is 8.91. The molecule has 0 spiro atoms. The van der Waals surface area contributed by atoms with Gasteiger partial charge in [-0.05, 0) is 31.4 Å². The van der Waals surface area contributed by atoms with E-state index in [0.717, 1.165) is 25.5 Å². The van der Waals surface area contributed by atoms with Gasteiger partial charge in [0.05, 0.1) is 18.7 Å². The number of rotatable bonds is 11. The third-order valence-electron chi connectivity index (χ3n) is 3.32. The average molecular weight is 477 g/mol. The molecule has 1 amide bonds. The van der Waals surface area contributed by atoms with Crippen LogP contribution in [-0.4, -0.2) is 56.2 Å². The third kappa shape index (κ3) is 12.0. The maximum Gasteiger partial charge on any atom is 0.252 e. The van der Waals surface area contributed by atoms with Crippen LogP contribution in [0.2, 0.25) is 0 Å². The van der Waals surface area contributed by atoms with E-state index in [0.29, 0.717) is 37.7 Å². The zero-order valence-electron chi connectivity index (χ0n) is 16.0. The van der Waals surface area contributed by atoms with Crippen LogP contribution in [0.5, 0.6) is 0 Å². The van der Waals surface area contributed by atoms with Gasteiger partial charge in [0.15, 0.2) is 5.96 Å². The highest BCUT2D eigenvalue weighted by Crippen LogP contribution is 1.98. The van der Waals surface area contributed by atoms with Crippen LogP contribution in [-0.2, 0) is 4.74 Å². The lowest BCUT2D eigenvalue weighted by Crippen LogP contribution is -2.41. The molecule has 0 saturated heterocycles. The van der Waals surface area contributed by atoms with E-state index in [1.165, 1.54) is 0 Å². The first kappa shape index (κ1) is 24.6. The Bertz CT molecular complexity index is 512. The van der Waals surface area contributed by atoms with Crippen LogP contribution in [0.4, 0.5) is 0 Å². The van der Waals surface area contributed by atoms with Gasteiger partial charge in [0.1, 0.15) is 0 Å². The summed E-state index contributed by atoms with van der Waals surface area (Å²) < 4.78 is 5.55. The number of nitrogens with zero attached hydrogens (tertiary/aromatic N) is 2. The van der Waals surface area contributed by atoms with Gasteiger partial charge in [-0.15, -0.1) is 24.0 Å². The molecule has 0 aliphatic rings. The van der Waals surface area contributed by atoms with E-state index in [1.807, 2.05) is 6.92 Å². The van der Waals surface area contributed by atoms with E-state index in [2.05, 4.69) is 39.8 Å². The van der Waals surface area contributed by atoms with Gasteiger partial charge in [0, 0.05) is 38.6 Å². The quantitative estimate of drug-likeness (QED) is 0.197. The molecule has 0 aliphatic carbocycles. The number of nitrogens with one attached hydrogen (secondary N) is 3. The van der Waals surface area contributed by atoms with Crippen molar-refractivity contribution in [2.24, 2.45) is 10.9 Å². The van der Waals surface area contributed by atoms with Crippen molar-refractivity contribution in [3.63, 3.8) is 0 Å². The number of ether oxygens (including phenoxy) is 1. The Labute approximate surface area is 173 Å². The van der Waals surface area contributed by atoms with Crippen molar-refractivity contribution < 1.29 is 9.53 Å². The molecule has 8 heteroatoms. The minimum absolute atomic E-state index is 0. The van der Waals surface area contributed by atoms with E-state index in [-0.39, 0.29) is 29.9 Å². The second kappa shape index (κ2) is 15.8. The number of carbonyl (C=O) groups is 1. The number of hydrogen-bond donors (Lipinski definition) is 3. The highest BCUT2D eigenvalue weighted by atomic mass is 127. The number of hydrogen-bond acceptors (Lipinski definition) is 4. The SMILES string of the molecule is CCNC(=NCCOCCC(C)C)NCCNC(=O)c1cccnc1.I. The van der Waals surface area contributed by atoms with E-state index >= 15 is 0 Å². The molecule has 0 saturated carbocycles. The standard InChI is InChI=1S/C18H31N5O2.HI/c1-4-20-18(23-11-13-25-12-7-15(2)3)22-10-9-21-17(24)16-6-5-8-19-14-16;/h5-6,8,14-15H,4,7,9-13H2,1-3H3,(H,21,24)(H2,20,22,23);1H. The number of guanidine groups is 1. The summed E-state index contributed by atoms with van der Waals surface area (Å²) in [5.41, 5.74) is 0.557. The minimum Gasteiger partial charge on any atom is -0.380 e. The zero-order valence-corrected chi connectivity index (χ0v) is 18.3. The normalized spacial score (nSPS) is 11.0. The molecular weight excluding hydrogens is 445 g/mol. The van der Waals surface area contributed by atoms with Crippen molar-refractivity contribution >= 4 is 35.8 Å². The molecule has 1 aromatic rings. The van der Waals surface area contributed by atoms with Crippen molar-refractivity contribution in [1.82, 2.24) is 20.9 Å². The fraction of sp³-hybridized carbons (Fsp3) is 0.611. The summed E-state index contributed by atoms with van der Waals surface area (Å²) in [6, 6.07) is 3.48. The molecule has 1 rings (SSSR count). The first-order valence-corrected chi connectivity index (χ1v) is 8.91. The van der Waals surface area contributed by atoms with Gasteiger partial charge in [0.2, 0.25) is 0 Å². The molecule has 148 valence electrons. The topological polar surface area (TPSA) is 87.6 Å². The zero-order chi connectivity index (χ0) is 18.3. The molecule has 0 atom stereocenters. The van der Waals surface area contributed by atoms with E-state index in [4.69, 9.17) is 4.74 Å². The number of aliphatic imine (C=N–C) groups is 1. The Balaban J connectivity index is 0.00000625. The lowest BCUT2D eigenvalue weighted by molar-refractivity contribution is 0.0954. The summed E-state index contributed by atoms with van der Waals surface area (Å²) in [6.07, 6.45) is 4.26. The molecule has 0 bridgehead atoms. The van der Waals surface area contributed by atoms with Crippen molar-refractivity contribution in [3.8, 4) is 0 Å². The summed E-state index contributed by atoms with van der Waals surface area (Å²) in [7, 11) is 0. The largest absolute Gasteiger partial charge is 0.380 e. The Hall–Kier alpha value is -1.42. The van der Waals surface area contributed by atoms with Crippen molar-refractivity contribution in [1.29, 1.82) is 0 Å². The summed E-state index contributed by atoms with van der Waals surface area (Å²) in [5, 5.41) is 9.20. The predicted molar refractivity (Wildman–Crippen MR) is 116 cm³/mol. The second-order valence-corrected chi connectivity index (χ2v) is 5.98. The van der Waals surface area contributed by atoms with Gasteiger partial charge in [-0.25, -0.2) is 0 Å². The van der Waals surface area contributed by atoms with Crippen LogP contribution in [0.3, 0.4) is 0 Å². The van der Waals surface area contributed by atoms with Crippen molar-refractivity contribution in [3.05, 3.63) is 30.1 Å². The molecule has 1 heterocycles. The molecule has 0 unspecified atom stereocenters. The molecule has 0 radical (unpaired) electrons. The summed E-state index contributed by atoms with van der Waals surface area (Å²) >= 11 is 0. The maximum atomic E-state index is 11.9. The van der Waals surface area contributed by atoms with Crippen LogP contribution in [0, 0.1) is 5.92 Å². The third-order valence-corrected chi connectivity index (χ3v) is 3.32. The van der Waals surface area contributed by atoms with Gasteiger partial charge in [-0.3, -0.25) is 14.8 Å². The lowest BCUT2D eigenvalue weighted by Gasteiger charge is -2.12. The summed E-state index contributed by atoms with van der Waals surface area (Å²) in [4.78, 5) is 20.3. The van der Waals surface area contributed by atoms with Crippen molar-refractivity contribution in [2.45, 2.75) is 27.2 Å². The Kier molecular flexibility index (Phi) is 14.9. The van der Waals surface area contributed by atoms with Crippen LogP contribution in [0.1, 0.15) is 37.6 Å². The van der Waals surface area contributed by atoms with Gasteiger partial charge in [-0.2, -0.15) is 0 Å². The van der Waals surface area contributed by atoms with Gasteiger partial charge >= 0.3 is 0 Å². The van der Waals surface area contributed by atoms with E-state index in [1.54, 1.807) is 24.5 Å². The van der Waals surface area contributed by atoms with Crippen LogP contribution >= 0.6 is 24.0 Å². The number of carbonyl (C=O) groups excluding carboxylic acids is 1. The Morgan fingerprint density at radius 2 is 2.00 bits per heavy atom. The Morgan fingerprint density at radius 3 is 2.65 bits per heavy atom. The number of halogens is 1. The lowest BCUT2D eigenvalue weighted by atomic mass is 10.1. The van der Waals surface area contributed by atoms with E-state index in [9.17, 15) is 4.79 Å². The fourth-order valence-corrected chi connectivity index (χ4v) is 1.94.